The maximum Gasteiger partial charge on any atom is 0.348 e. The molecule has 14 heteroatoms. The van der Waals surface area contributed by atoms with Crippen LogP contribution in [0.1, 0.15) is 0 Å². The molecule has 11 N–H and O–H groups in total. The summed E-state index contributed by atoms with van der Waals surface area (Å²) in [4.78, 5) is 20.8. The third-order valence-electron chi connectivity index (χ3n) is 3.85. The number of phenols is 10. The Kier molecular flexibility index (Phi) is 4.04. The van der Waals surface area contributed by atoms with Gasteiger partial charge < -0.3 is 51.1 Å². The number of phenolic OH excluding ortho intramolecular Hbond substituents is 10. The number of nitrogens with one attached hydrogen (secondary N) is 1. The van der Waals surface area contributed by atoms with E-state index < -0.39 is 86.0 Å². The molecule has 1 aromatic heterocycles. The maximum atomic E-state index is 11.9. The Morgan fingerprint density at radius 3 is 1.24 bits per heavy atom. The van der Waals surface area contributed by atoms with Crippen LogP contribution < -0.4 is 5.69 Å². The van der Waals surface area contributed by atoms with Crippen LogP contribution in [0, 0.1) is 0 Å². The first-order valence-corrected chi connectivity index (χ1v) is 7.33. The minimum Gasteiger partial charge on any atom is -0.504 e. The lowest BCUT2D eigenvalue weighted by Gasteiger charge is -2.13. The van der Waals surface area contributed by atoms with Gasteiger partial charge in [0.15, 0.2) is 34.6 Å². The van der Waals surface area contributed by atoms with Gasteiger partial charge in [-0.15, -0.1) is 0 Å². The number of benzene rings is 2. The molecule has 0 radical (unpaired) electrons. The van der Waals surface area contributed by atoms with E-state index in [9.17, 15) is 55.9 Å². The second-order valence-electron chi connectivity index (χ2n) is 5.56. The predicted molar refractivity (Wildman–Crippen MR) is 90.2 cm³/mol. The highest BCUT2D eigenvalue weighted by Crippen LogP contribution is 2.55. The molecule has 0 bridgehead atoms. The highest BCUT2D eigenvalue weighted by molar-refractivity contribution is 5.85. The number of rotatable bonds is 2. The summed E-state index contributed by atoms with van der Waals surface area (Å²) in [7, 11) is 0. The van der Waals surface area contributed by atoms with Crippen molar-refractivity contribution in [3.8, 4) is 80.3 Å². The fourth-order valence-electron chi connectivity index (χ4n) is 2.42. The zero-order valence-corrected chi connectivity index (χ0v) is 13.8. The molecule has 0 aliphatic rings. The molecule has 0 fully saturated rings. The summed E-state index contributed by atoms with van der Waals surface area (Å²) in [6, 6.07) is 0. The number of hydrogen-bond donors (Lipinski definition) is 11. The Balaban J connectivity index is 2.39. The standard InChI is InChI=1S/C15H11N3O11/c19-3-1(4(20)8(24)11(27)7(3)23)13-16-14(18-15(29)17-13)2-5(21)9(25)12(28)10(26)6(2)22/h19-28H,(H,16,17,18,29). The van der Waals surface area contributed by atoms with Gasteiger partial charge in [0.1, 0.15) is 11.1 Å². The van der Waals surface area contributed by atoms with E-state index in [4.69, 9.17) is 0 Å². The van der Waals surface area contributed by atoms with E-state index >= 15 is 0 Å². The van der Waals surface area contributed by atoms with E-state index in [1.807, 2.05) is 4.98 Å². The quantitative estimate of drug-likeness (QED) is 0.189. The van der Waals surface area contributed by atoms with Gasteiger partial charge in [-0.3, -0.25) is 4.98 Å². The second-order valence-corrected chi connectivity index (χ2v) is 5.56. The van der Waals surface area contributed by atoms with Gasteiger partial charge >= 0.3 is 5.69 Å². The van der Waals surface area contributed by atoms with Crippen molar-refractivity contribution in [3.05, 3.63) is 10.5 Å². The zero-order chi connectivity index (χ0) is 21.8. The Hall–Kier alpha value is -4.75. The number of aromatic hydroxyl groups is 10. The van der Waals surface area contributed by atoms with Crippen molar-refractivity contribution >= 4 is 0 Å². The first kappa shape index (κ1) is 19.0. The van der Waals surface area contributed by atoms with Crippen LogP contribution in [-0.4, -0.2) is 66.0 Å². The molecule has 0 saturated heterocycles. The van der Waals surface area contributed by atoms with Crippen LogP contribution in [-0.2, 0) is 0 Å². The number of aromatic nitrogens is 3. The Morgan fingerprint density at radius 2 is 0.828 bits per heavy atom. The molecule has 3 aromatic rings. The summed E-state index contributed by atoms with van der Waals surface area (Å²) >= 11 is 0. The average molecular weight is 409 g/mol. The average Bonchev–Trinajstić information content (AvgIpc) is 2.67. The molecule has 0 amide bonds. The first-order valence-electron chi connectivity index (χ1n) is 7.33. The van der Waals surface area contributed by atoms with Crippen LogP contribution in [0.2, 0.25) is 0 Å². The summed E-state index contributed by atoms with van der Waals surface area (Å²) in [6.07, 6.45) is 0. The van der Waals surface area contributed by atoms with Crippen LogP contribution in [0.3, 0.4) is 0 Å². The number of H-pyrrole nitrogens is 1. The lowest BCUT2D eigenvalue weighted by atomic mass is 10.1. The van der Waals surface area contributed by atoms with E-state index in [0.29, 0.717) is 0 Å². The Bertz CT molecular complexity index is 1090. The molecule has 0 aliphatic heterocycles. The normalized spacial score (nSPS) is 10.9. The summed E-state index contributed by atoms with van der Waals surface area (Å²) in [6.45, 7) is 0. The monoisotopic (exact) mass is 409 g/mol. The smallest absolute Gasteiger partial charge is 0.348 e. The van der Waals surface area contributed by atoms with Crippen molar-refractivity contribution in [1.82, 2.24) is 15.0 Å². The van der Waals surface area contributed by atoms with Crippen molar-refractivity contribution in [1.29, 1.82) is 0 Å². The third kappa shape index (κ3) is 2.62. The van der Waals surface area contributed by atoms with Crippen LogP contribution in [0.5, 0.6) is 57.5 Å². The van der Waals surface area contributed by atoms with E-state index in [1.165, 1.54) is 0 Å². The van der Waals surface area contributed by atoms with Crippen LogP contribution in [0.4, 0.5) is 0 Å². The van der Waals surface area contributed by atoms with Crippen LogP contribution in [0.25, 0.3) is 22.8 Å². The third-order valence-corrected chi connectivity index (χ3v) is 3.85. The Morgan fingerprint density at radius 1 is 0.483 bits per heavy atom. The van der Waals surface area contributed by atoms with Gasteiger partial charge in [0.2, 0.25) is 34.5 Å². The fraction of sp³-hybridized carbons (Fsp3) is 0. The molecular weight excluding hydrogens is 398 g/mol. The van der Waals surface area contributed by atoms with Gasteiger partial charge in [-0.2, -0.15) is 4.98 Å². The molecule has 14 nitrogen and oxygen atoms in total. The number of aromatic amines is 1. The molecular formula is C15H11N3O11. The number of hydrogen-bond acceptors (Lipinski definition) is 13. The minimum atomic E-state index is -1.29. The van der Waals surface area contributed by atoms with Crippen LogP contribution in [0.15, 0.2) is 4.79 Å². The summed E-state index contributed by atoms with van der Waals surface area (Å²) < 4.78 is 0. The first-order chi connectivity index (χ1) is 13.5. The second kappa shape index (κ2) is 6.15. The minimum absolute atomic E-state index is 0.786. The lowest BCUT2D eigenvalue weighted by molar-refractivity contribution is 0.329. The van der Waals surface area contributed by atoms with Gasteiger partial charge in [-0.25, -0.2) is 9.78 Å². The van der Waals surface area contributed by atoms with Crippen molar-refractivity contribution < 1.29 is 51.1 Å². The van der Waals surface area contributed by atoms with Crippen molar-refractivity contribution in [2.75, 3.05) is 0 Å². The van der Waals surface area contributed by atoms with E-state index in [-0.39, 0.29) is 0 Å². The van der Waals surface area contributed by atoms with Crippen molar-refractivity contribution in [2.24, 2.45) is 0 Å². The molecule has 0 spiro atoms. The fourth-order valence-corrected chi connectivity index (χ4v) is 2.42. The molecule has 0 aliphatic carbocycles. The molecule has 3 rings (SSSR count). The summed E-state index contributed by atoms with van der Waals surface area (Å²) in [5, 5.41) is 97.1. The Labute approximate surface area is 157 Å². The SMILES string of the molecule is O=c1nc(-c2c(O)c(O)c(O)c(O)c2O)nc(-c2c(O)c(O)c(O)c(O)c2O)[nH]1. The predicted octanol–water partition coefficient (Wildman–Crippen LogP) is -0.445. The molecule has 0 unspecified atom stereocenters. The van der Waals surface area contributed by atoms with Crippen LogP contribution >= 0.6 is 0 Å². The van der Waals surface area contributed by atoms with E-state index in [0.717, 1.165) is 0 Å². The van der Waals surface area contributed by atoms with Crippen molar-refractivity contribution in [3.63, 3.8) is 0 Å². The van der Waals surface area contributed by atoms with E-state index in [1.54, 1.807) is 0 Å². The zero-order valence-electron chi connectivity index (χ0n) is 13.8. The topological polar surface area (TPSA) is 261 Å². The van der Waals surface area contributed by atoms with Gasteiger partial charge in [0.05, 0.1) is 0 Å². The van der Waals surface area contributed by atoms with Gasteiger partial charge in [0, 0.05) is 0 Å². The van der Waals surface area contributed by atoms with E-state index in [2.05, 4.69) is 9.97 Å². The molecule has 2 aromatic carbocycles. The highest BCUT2D eigenvalue weighted by atomic mass is 16.4. The lowest BCUT2D eigenvalue weighted by Crippen LogP contribution is -2.14. The maximum absolute atomic E-state index is 11.9. The molecule has 0 atom stereocenters. The highest BCUT2D eigenvalue weighted by Gasteiger charge is 2.29. The molecule has 29 heavy (non-hydrogen) atoms. The van der Waals surface area contributed by atoms with Gasteiger partial charge in [-0.1, -0.05) is 0 Å². The van der Waals surface area contributed by atoms with Crippen molar-refractivity contribution in [2.45, 2.75) is 0 Å². The molecule has 0 saturated carbocycles. The molecule has 152 valence electrons. The molecule has 1 heterocycles. The summed E-state index contributed by atoms with van der Waals surface area (Å²) in [5.74, 6) is -14.3. The summed E-state index contributed by atoms with van der Waals surface area (Å²) in [5.41, 5.74) is -3.07. The largest absolute Gasteiger partial charge is 0.504 e. The van der Waals surface area contributed by atoms with Gasteiger partial charge in [-0.05, 0) is 0 Å². The number of nitrogens with zero attached hydrogens (tertiary/aromatic N) is 2. The van der Waals surface area contributed by atoms with Gasteiger partial charge in [0.25, 0.3) is 0 Å².